The quantitative estimate of drug-likeness (QED) is 0.794. The summed E-state index contributed by atoms with van der Waals surface area (Å²) in [7, 11) is 1.33. The molecule has 0 atom stereocenters. The van der Waals surface area contributed by atoms with Gasteiger partial charge in [-0.3, -0.25) is 9.47 Å². The molecule has 2 heterocycles. The number of nitrogens with zero attached hydrogens (tertiary/aromatic N) is 3. The van der Waals surface area contributed by atoms with E-state index in [0.717, 1.165) is 5.69 Å². The highest BCUT2D eigenvalue weighted by Gasteiger charge is 2.29. The van der Waals surface area contributed by atoms with Gasteiger partial charge in [-0.05, 0) is 19.1 Å². The molecule has 114 valence electrons. The second-order valence-electron chi connectivity index (χ2n) is 4.68. The number of fused-ring (bicyclic) bond motifs is 3. The van der Waals surface area contributed by atoms with Crippen LogP contribution in [0.1, 0.15) is 23.2 Å². The van der Waals surface area contributed by atoms with Crippen LogP contribution < -0.4 is 4.90 Å². The number of ether oxygens (including phenoxy) is 2. The minimum absolute atomic E-state index is 0.221. The average molecular weight is 301 g/mol. The van der Waals surface area contributed by atoms with E-state index in [1.54, 1.807) is 17.7 Å². The van der Waals surface area contributed by atoms with E-state index < -0.39 is 12.1 Å². The predicted molar refractivity (Wildman–Crippen MR) is 78.1 cm³/mol. The number of rotatable bonds is 2. The van der Waals surface area contributed by atoms with Crippen LogP contribution in [0.15, 0.2) is 30.5 Å². The maximum atomic E-state index is 12.0. The second-order valence-corrected chi connectivity index (χ2v) is 4.68. The Hall–Kier alpha value is -2.83. The van der Waals surface area contributed by atoms with Crippen molar-refractivity contribution in [1.29, 1.82) is 0 Å². The number of amides is 1. The van der Waals surface area contributed by atoms with Crippen LogP contribution in [0.2, 0.25) is 0 Å². The number of carbonyl (C=O) groups is 2. The van der Waals surface area contributed by atoms with Crippen molar-refractivity contribution < 1.29 is 19.1 Å². The molecular formula is C15H15N3O4. The van der Waals surface area contributed by atoms with Crippen molar-refractivity contribution in [3.8, 4) is 5.69 Å². The van der Waals surface area contributed by atoms with Crippen LogP contribution in [0.25, 0.3) is 5.69 Å². The fourth-order valence-electron chi connectivity index (χ4n) is 2.44. The molecule has 0 fully saturated rings. The van der Waals surface area contributed by atoms with E-state index in [-0.39, 0.29) is 18.8 Å². The third kappa shape index (κ3) is 2.20. The van der Waals surface area contributed by atoms with Gasteiger partial charge in [-0.25, -0.2) is 14.6 Å². The number of hydrogen-bond donors (Lipinski definition) is 0. The lowest BCUT2D eigenvalue weighted by Gasteiger charge is -2.28. The van der Waals surface area contributed by atoms with E-state index in [0.29, 0.717) is 11.5 Å². The van der Waals surface area contributed by atoms with E-state index in [9.17, 15) is 9.59 Å². The summed E-state index contributed by atoms with van der Waals surface area (Å²) in [6, 6.07) is 7.36. The fraction of sp³-hybridized carbons (Fsp3) is 0.267. The van der Waals surface area contributed by atoms with Crippen molar-refractivity contribution in [2.24, 2.45) is 0 Å². The molecule has 0 saturated carbocycles. The van der Waals surface area contributed by atoms with Gasteiger partial charge in [0.25, 0.3) is 0 Å². The molecule has 0 saturated heterocycles. The van der Waals surface area contributed by atoms with Crippen LogP contribution >= 0.6 is 0 Å². The van der Waals surface area contributed by atoms with Crippen LogP contribution in [0.4, 0.5) is 10.5 Å². The molecule has 0 unspecified atom stereocenters. The van der Waals surface area contributed by atoms with E-state index in [4.69, 9.17) is 9.47 Å². The van der Waals surface area contributed by atoms with Crippen LogP contribution in [0.5, 0.6) is 0 Å². The van der Waals surface area contributed by atoms with Gasteiger partial charge in [0, 0.05) is 6.20 Å². The van der Waals surface area contributed by atoms with Crippen molar-refractivity contribution in [2.75, 3.05) is 18.6 Å². The predicted octanol–water partition coefficient (Wildman–Crippen LogP) is 2.14. The lowest BCUT2D eigenvalue weighted by atomic mass is 10.2. The zero-order valence-electron chi connectivity index (χ0n) is 12.3. The normalized spacial score (nSPS) is 12.4. The first-order chi connectivity index (χ1) is 10.7. The van der Waals surface area contributed by atoms with Crippen molar-refractivity contribution >= 4 is 17.7 Å². The van der Waals surface area contributed by atoms with Crippen molar-refractivity contribution in [2.45, 2.75) is 13.5 Å². The number of esters is 1. The van der Waals surface area contributed by atoms with E-state index >= 15 is 0 Å². The van der Waals surface area contributed by atoms with Gasteiger partial charge in [-0.15, -0.1) is 0 Å². The summed E-state index contributed by atoms with van der Waals surface area (Å²) in [6.45, 7) is 2.25. The number of aromatic nitrogens is 2. The summed E-state index contributed by atoms with van der Waals surface area (Å²) in [5.74, 6) is 0.0960. The van der Waals surface area contributed by atoms with E-state index in [1.165, 1.54) is 12.0 Å². The minimum Gasteiger partial charge on any atom is -0.461 e. The molecule has 1 amide bonds. The zero-order valence-corrected chi connectivity index (χ0v) is 12.3. The van der Waals surface area contributed by atoms with Gasteiger partial charge in [-0.2, -0.15) is 0 Å². The molecule has 0 N–H and O–H groups in total. The van der Waals surface area contributed by atoms with Gasteiger partial charge in [0.2, 0.25) is 0 Å². The molecule has 7 nitrogen and oxygen atoms in total. The highest BCUT2D eigenvalue weighted by Crippen LogP contribution is 2.32. The number of benzene rings is 1. The summed E-state index contributed by atoms with van der Waals surface area (Å²) in [4.78, 5) is 29.6. The molecule has 0 bridgehead atoms. The number of carbonyl (C=O) groups excluding carboxylic acids is 2. The summed E-state index contributed by atoms with van der Waals surface area (Å²) in [5, 5.41) is 0. The smallest absolute Gasteiger partial charge is 0.414 e. The van der Waals surface area contributed by atoms with E-state index in [2.05, 4.69) is 4.98 Å². The molecule has 1 aliphatic heterocycles. The zero-order chi connectivity index (χ0) is 15.7. The van der Waals surface area contributed by atoms with Gasteiger partial charge in [0.05, 0.1) is 31.6 Å². The lowest BCUT2D eigenvalue weighted by Crippen LogP contribution is -2.35. The molecule has 22 heavy (non-hydrogen) atoms. The van der Waals surface area contributed by atoms with Crippen LogP contribution in [-0.4, -0.2) is 35.3 Å². The monoisotopic (exact) mass is 301 g/mol. The summed E-state index contributed by atoms with van der Waals surface area (Å²) in [5.41, 5.74) is 1.69. The standard InChI is InChI=1S/C15H15N3O4/c1-3-22-14(19)10-8-17-11-6-4-5-7-12(11)18(15(20)21-2)9-13(17)16-10/h4-8H,3,9H2,1-2H3. The molecule has 0 radical (unpaired) electrons. The number of methoxy groups -OCH3 is 1. The molecule has 1 aromatic carbocycles. The van der Waals surface area contributed by atoms with Crippen LogP contribution in [0.3, 0.4) is 0 Å². The molecule has 1 aliphatic rings. The Morgan fingerprint density at radius 3 is 2.68 bits per heavy atom. The lowest BCUT2D eigenvalue weighted by molar-refractivity contribution is 0.0520. The Labute approximate surface area is 127 Å². The first-order valence-corrected chi connectivity index (χ1v) is 6.86. The molecular weight excluding hydrogens is 286 g/mol. The Kier molecular flexibility index (Phi) is 3.54. The van der Waals surface area contributed by atoms with Gasteiger partial charge < -0.3 is 9.47 Å². The maximum Gasteiger partial charge on any atom is 0.414 e. The fourth-order valence-corrected chi connectivity index (χ4v) is 2.44. The largest absolute Gasteiger partial charge is 0.461 e. The minimum atomic E-state index is -0.480. The first kappa shape index (κ1) is 14.1. The van der Waals surface area contributed by atoms with Crippen molar-refractivity contribution in [3.63, 3.8) is 0 Å². The second kappa shape index (κ2) is 5.51. The first-order valence-electron chi connectivity index (χ1n) is 6.86. The highest BCUT2D eigenvalue weighted by molar-refractivity contribution is 5.92. The summed E-state index contributed by atoms with van der Waals surface area (Å²) >= 11 is 0. The molecule has 2 aromatic rings. The molecule has 1 aromatic heterocycles. The van der Waals surface area contributed by atoms with Crippen molar-refractivity contribution in [1.82, 2.24) is 9.55 Å². The molecule has 0 spiro atoms. The Balaban J connectivity index is 2.08. The molecule has 7 heteroatoms. The third-order valence-corrected chi connectivity index (χ3v) is 3.39. The Morgan fingerprint density at radius 1 is 1.27 bits per heavy atom. The van der Waals surface area contributed by atoms with Crippen LogP contribution in [0, 0.1) is 0 Å². The van der Waals surface area contributed by atoms with Crippen molar-refractivity contribution in [3.05, 3.63) is 42.0 Å². The average Bonchev–Trinajstić information content (AvgIpc) is 2.98. The molecule has 0 aliphatic carbocycles. The van der Waals surface area contributed by atoms with Gasteiger partial charge in [0.15, 0.2) is 5.69 Å². The summed E-state index contributed by atoms with van der Waals surface area (Å²) in [6.07, 6.45) is 1.15. The highest BCUT2D eigenvalue weighted by atomic mass is 16.5. The topological polar surface area (TPSA) is 73.7 Å². The SMILES string of the molecule is CCOC(=O)c1cn2c(n1)CN(C(=O)OC)c1ccccc1-2. The number of imidazole rings is 1. The van der Waals surface area contributed by atoms with Gasteiger partial charge >= 0.3 is 12.1 Å². The third-order valence-electron chi connectivity index (χ3n) is 3.39. The number of anilines is 1. The molecule has 3 rings (SSSR count). The maximum absolute atomic E-state index is 12.0. The van der Waals surface area contributed by atoms with E-state index in [1.807, 2.05) is 24.3 Å². The summed E-state index contributed by atoms with van der Waals surface area (Å²) < 4.78 is 11.6. The van der Waals surface area contributed by atoms with Gasteiger partial charge in [0.1, 0.15) is 5.82 Å². The van der Waals surface area contributed by atoms with Gasteiger partial charge in [-0.1, -0.05) is 12.1 Å². The Bertz CT molecular complexity index is 738. The Morgan fingerprint density at radius 2 is 2.00 bits per heavy atom. The van der Waals surface area contributed by atoms with Crippen LogP contribution in [-0.2, 0) is 16.0 Å². The number of hydrogen-bond acceptors (Lipinski definition) is 5. The number of para-hydroxylation sites is 2.